The van der Waals surface area contributed by atoms with E-state index in [2.05, 4.69) is 24.5 Å². The van der Waals surface area contributed by atoms with Crippen molar-refractivity contribution >= 4 is 5.91 Å². The second kappa shape index (κ2) is 8.48. The minimum Gasteiger partial charge on any atom is -0.395 e. The van der Waals surface area contributed by atoms with E-state index in [1.165, 1.54) is 0 Å². The number of carbonyl (C=O) groups is 1. The van der Waals surface area contributed by atoms with Gasteiger partial charge in [-0.2, -0.15) is 0 Å². The van der Waals surface area contributed by atoms with Crippen LogP contribution in [-0.4, -0.2) is 35.7 Å². The zero-order valence-electron chi connectivity index (χ0n) is 11.8. The number of hydrogen-bond acceptors (Lipinski definition) is 3. The van der Waals surface area contributed by atoms with E-state index in [9.17, 15) is 9.90 Å². The molecular weight excluding hydrogens is 216 g/mol. The second-order valence-corrected chi connectivity index (χ2v) is 5.22. The minimum atomic E-state index is -0.264. The third-order valence-electron chi connectivity index (χ3n) is 2.86. The molecule has 0 rings (SSSR count). The van der Waals surface area contributed by atoms with Crippen LogP contribution in [0.5, 0.6) is 0 Å². The van der Waals surface area contributed by atoms with E-state index in [0.29, 0.717) is 5.92 Å². The molecule has 3 unspecified atom stereocenters. The van der Waals surface area contributed by atoms with Gasteiger partial charge in [-0.05, 0) is 32.6 Å². The van der Waals surface area contributed by atoms with Crippen molar-refractivity contribution in [3.63, 3.8) is 0 Å². The van der Waals surface area contributed by atoms with E-state index < -0.39 is 0 Å². The molecule has 0 fully saturated rings. The molecule has 4 nitrogen and oxygen atoms in total. The molecule has 3 N–H and O–H groups in total. The fourth-order valence-corrected chi connectivity index (χ4v) is 1.66. The summed E-state index contributed by atoms with van der Waals surface area (Å²) in [7, 11) is 0. The van der Waals surface area contributed by atoms with Crippen molar-refractivity contribution in [1.82, 2.24) is 10.6 Å². The van der Waals surface area contributed by atoms with Gasteiger partial charge in [0.15, 0.2) is 0 Å². The average molecular weight is 244 g/mol. The first-order valence-electron chi connectivity index (χ1n) is 6.57. The summed E-state index contributed by atoms with van der Waals surface area (Å²) in [6.45, 7) is 10.1. The molecule has 0 aliphatic heterocycles. The van der Waals surface area contributed by atoms with Gasteiger partial charge in [0.2, 0.25) is 5.91 Å². The van der Waals surface area contributed by atoms with E-state index in [4.69, 9.17) is 0 Å². The van der Waals surface area contributed by atoms with Crippen LogP contribution in [0.25, 0.3) is 0 Å². The molecular formula is C13H28N2O2. The number of carbonyl (C=O) groups excluding carboxylic acids is 1. The maximum Gasteiger partial charge on any atom is 0.237 e. The van der Waals surface area contributed by atoms with Gasteiger partial charge in [-0.3, -0.25) is 4.79 Å². The number of hydrogen-bond donors (Lipinski definition) is 3. The molecule has 1 amide bonds. The fourth-order valence-electron chi connectivity index (χ4n) is 1.66. The third-order valence-corrected chi connectivity index (χ3v) is 2.86. The molecule has 0 spiro atoms. The van der Waals surface area contributed by atoms with E-state index in [0.717, 1.165) is 12.8 Å². The van der Waals surface area contributed by atoms with Gasteiger partial charge in [-0.15, -0.1) is 0 Å². The third kappa shape index (κ3) is 7.34. The predicted octanol–water partition coefficient (Wildman–Crippen LogP) is 1.29. The quantitative estimate of drug-likeness (QED) is 0.603. The SMILES string of the molecule is CCC(C)NC(=O)C(C)NC(CO)CC(C)C. The lowest BCUT2D eigenvalue weighted by Gasteiger charge is -2.23. The molecule has 0 heterocycles. The van der Waals surface area contributed by atoms with Crippen molar-refractivity contribution in [2.24, 2.45) is 5.92 Å². The van der Waals surface area contributed by atoms with Gasteiger partial charge in [0.1, 0.15) is 0 Å². The first-order chi connectivity index (χ1) is 7.90. The van der Waals surface area contributed by atoms with E-state index >= 15 is 0 Å². The van der Waals surface area contributed by atoms with Crippen molar-refractivity contribution in [3.05, 3.63) is 0 Å². The normalized spacial score (nSPS) is 16.6. The summed E-state index contributed by atoms with van der Waals surface area (Å²) >= 11 is 0. The summed E-state index contributed by atoms with van der Waals surface area (Å²) in [5.41, 5.74) is 0. The molecule has 0 aromatic heterocycles. The highest BCUT2D eigenvalue weighted by Gasteiger charge is 2.18. The zero-order chi connectivity index (χ0) is 13.4. The lowest BCUT2D eigenvalue weighted by atomic mass is 10.0. The molecule has 0 aromatic carbocycles. The highest BCUT2D eigenvalue weighted by Crippen LogP contribution is 2.05. The summed E-state index contributed by atoms with van der Waals surface area (Å²) in [5.74, 6) is 0.506. The average Bonchev–Trinajstić information content (AvgIpc) is 2.26. The number of aliphatic hydroxyl groups is 1. The Bertz CT molecular complexity index is 219. The largest absolute Gasteiger partial charge is 0.395 e. The highest BCUT2D eigenvalue weighted by molar-refractivity contribution is 5.81. The molecule has 0 radical (unpaired) electrons. The Kier molecular flexibility index (Phi) is 8.17. The van der Waals surface area contributed by atoms with Crippen molar-refractivity contribution in [1.29, 1.82) is 0 Å². The van der Waals surface area contributed by atoms with Crippen molar-refractivity contribution in [3.8, 4) is 0 Å². The van der Waals surface area contributed by atoms with Gasteiger partial charge >= 0.3 is 0 Å². The van der Waals surface area contributed by atoms with E-state index in [1.807, 2.05) is 20.8 Å². The van der Waals surface area contributed by atoms with Crippen LogP contribution in [-0.2, 0) is 4.79 Å². The molecule has 0 saturated heterocycles. The van der Waals surface area contributed by atoms with Gasteiger partial charge in [-0.1, -0.05) is 20.8 Å². The predicted molar refractivity (Wildman–Crippen MR) is 70.8 cm³/mol. The van der Waals surface area contributed by atoms with Crippen LogP contribution in [0.2, 0.25) is 0 Å². The number of rotatable bonds is 8. The first kappa shape index (κ1) is 16.4. The molecule has 17 heavy (non-hydrogen) atoms. The van der Waals surface area contributed by atoms with Crippen LogP contribution in [0.1, 0.15) is 47.5 Å². The standard InChI is InChI=1S/C13H28N2O2/c1-6-10(4)14-13(17)11(5)15-12(8-16)7-9(2)3/h9-12,15-16H,6-8H2,1-5H3,(H,14,17). The summed E-state index contributed by atoms with van der Waals surface area (Å²) in [4.78, 5) is 11.8. The lowest BCUT2D eigenvalue weighted by Crippen LogP contribution is -2.50. The maximum absolute atomic E-state index is 11.8. The Morgan fingerprint density at radius 3 is 2.24 bits per heavy atom. The van der Waals surface area contributed by atoms with Crippen LogP contribution >= 0.6 is 0 Å². The van der Waals surface area contributed by atoms with Gasteiger partial charge < -0.3 is 15.7 Å². The molecule has 0 bridgehead atoms. The molecule has 4 heteroatoms. The minimum absolute atomic E-state index is 0.00144. The topological polar surface area (TPSA) is 61.4 Å². The Morgan fingerprint density at radius 1 is 1.24 bits per heavy atom. The van der Waals surface area contributed by atoms with E-state index in [1.54, 1.807) is 0 Å². The summed E-state index contributed by atoms with van der Waals surface area (Å²) in [6.07, 6.45) is 1.80. The molecule has 0 aliphatic carbocycles. The zero-order valence-corrected chi connectivity index (χ0v) is 11.8. The Hall–Kier alpha value is -0.610. The summed E-state index contributed by atoms with van der Waals surface area (Å²) in [6, 6.07) is -0.0722. The second-order valence-electron chi connectivity index (χ2n) is 5.22. The van der Waals surface area contributed by atoms with E-state index in [-0.39, 0.29) is 30.6 Å². The van der Waals surface area contributed by atoms with Crippen LogP contribution in [0.4, 0.5) is 0 Å². The van der Waals surface area contributed by atoms with Crippen LogP contribution in [0.15, 0.2) is 0 Å². The monoisotopic (exact) mass is 244 g/mol. The van der Waals surface area contributed by atoms with Gasteiger partial charge in [-0.25, -0.2) is 0 Å². The van der Waals surface area contributed by atoms with Gasteiger partial charge in [0.25, 0.3) is 0 Å². The number of aliphatic hydroxyl groups excluding tert-OH is 1. The van der Waals surface area contributed by atoms with Crippen molar-refractivity contribution in [2.45, 2.75) is 65.6 Å². The summed E-state index contributed by atoms with van der Waals surface area (Å²) < 4.78 is 0. The molecule has 3 atom stereocenters. The first-order valence-corrected chi connectivity index (χ1v) is 6.57. The highest BCUT2D eigenvalue weighted by atomic mass is 16.3. The fraction of sp³-hybridized carbons (Fsp3) is 0.923. The van der Waals surface area contributed by atoms with Gasteiger partial charge in [0.05, 0.1) is 12.6 Å². The smallest absolute Gasteiger partial charge is 0.237 e. The van der Waals surface area contributed by atoms with Crippen LogP contribution < -0.4 is 10.6 Å². The Balaban J connectivity index is 4.12. The summed E-state index contributed by atoms with van der Waals surface area (Å²) in [5, 5.41) is 15.3. The Morgan fingerprint density at radius 2 is 1.82 bits per heavy atom. The van der Waals surface area contributed by atoms with Crippen molar-refractivity contribution < 1.29 is 9.90 Å². The molecule has 0 aromatic rings. The molecule has 0 aliphatic rings. The van der Waals surface area contributed by atoms with Crippen LogP contribution in [0, 0.1) is 5.92 Å². The van der Waals surface area contributed by atoms with Crippen LogP contribution in [0.3, 0.4) is 0 Å². The molecule has 102 valence electrons. The lowest BCUT2D eigenvalue weighted by molar-refractivity contribution is -0.123. The molecule has 0 saturated carbocycles. The van der Waals surface area contributed by atoms with Crippen molar-refractivity contribution in [2.75, 3.05) is 6.61 Å². The maximum atomic E-state index is 11.8. The number of amides is 1. The number of nitrogens with one attached hydrogen (secondary N) is 2. The van der Waals surface area contributed by atoms with Gasteiger partial charge in [0, 0.05) is 12.1 Å². The Labute approximate surface area is 105 Å².